The molecule has 2 fully saturated rings. The van der Waals surface area contributed by atoms with Crippen molar-refractivity contribution in [3.8, 4) is 0 Å². The Labute approximate surface area is 146 Å². The van der Waals surface area contributed by atoms with Gasteiger partial charge in [-0.25, -0.2) is 0 Å². The number of carbonyl (C=O) groups excluding carboxylic acids is 1. The Balaban J connectivity index is 0.00000192. The molecule has 2 aliphatic rings. The van der Waals surface area contributed by atoms with Gasteiger partial charge in [0, 0.05) is 12.6 Å². The molecule has 0 radical (unpaired) electrons. The van der Waals surface area contributed by atoms with Crippen molar-refractivity contribution in [2.24, 2.45) is 11.7 Å². The molecule has 3 rings (SSSR count). The maximum Gasteiger partial charge on any atom is 0.233 e. The van der Waals surface area contributed by atoms with Crippen molar-refractivity contribution >= 4 is 18.3 Å². The van der Waals surface area contributed by atoms with Crippen LogP contribution in [-0.4, -0.2) is 29.9 Å². The minimum Gasteiger partial charge on any atom is -0.339 e. The lowest BCUT2D eigenvalue weighted by Gasteiger charge is -2.35. The topological polar surface area (TPSA) is 46.3 Å². The van der Waals surface area contributed by atoms with E-state index < -0.39 is 0 Å². The summed E-state index contributed by atoms with van der Waals surface area (Å²) in [7, 11) is 0. The van der Waals surface area contributed by atoms with E-state index in [0.29, 0.717) is 24.4 Å². The molecule has 3 nitrogen and oxygen atoms in total. The fraction of sp³-hybridized carbons (Fsp3) is 0.632. The van der Waals surface area contributed by atoms with Crippen molar-refractivity contribution in [3.05, 3.63) is 35.4 Å². The average Bonchev–Trinajstić information content (AvgIpc) is 3.14. The first-order chi connectivity index (χ1) is 10.6. The van der Waals surface area contributed by atoms with E-state index in [2.05, 4.69) is 43.0 Å². The van der Waals surface area contributed by atoms with Gasteiger partial charge in [0.1, 0.15) is 0 Å². The lowest BCUT2D eigenvalue weighted by molar-refractivity contribution is -0.138. The number of amides is 1. The van der Waals surface area contributed by atoms with Gasteiger partial charge in [-0.2, -0.15) is 0 Å². The van der Waals surface area contributed by atoms with Crippen LogP contribution in [0, 0.1) is 12.8 Å². The Morgan fingerprint density at radius 2 is 2.04 bits per heavy atom. The SMILES string of the molecule is Cc1cccc(C2(C(=O)N3CC(CN)CC3C)CCCC2)c1.Cl. The summed E-state index contributed by atoms with van der Waals surface area (Å²) in [6.45, 7) is 5.81. The van der Waals surface area contributed by atoms with Crippen molar-refractivity contribution in [2.45, 2.75) is 57.4 Å². The van der Waals surface area contributed by atoms with Gasteiger partial charge in [0.2, 0.25) is 5.91 Å². The van der Waals surface area contributed by atoms with Crippen LogP contribution in [0.25, 0.3) is 0 Å². The highest BCUT2D eigenvalue weighted by atomic mass is 35.5. The minimum absolute atomic E-state index is 0. The highest BCUT2D eigenvalue weighted by Gasteiger charge is 2.47. The predicted molar refractivity (Wildman–Crippen MR) is 96.9 cm³/mol. The fourth-order valence-electron chi connectivity index (χ4n) is 4.42. The number of carbonyl (C=O) groups is 1. The summed E-state index contributed by atoms with van der Waals surface area (Å²) in [6.07, 6.45) is 5.34. The molecule has 1 amide bonds. The summed E-state index contributed by atoms with van der Waals surface area (Å²) in [4.78, 5) is 15.6. The second-order valence-electron chi connectivity index (χ2n) is 7.30. The van der Waals surface area contributed by atoms with Gasteiger partial charge in [-0.1, -0.05) is 42.7 Å². The molecule has 1 aromatic rings. The minimum atomic E-state index is -0.288. The molecule has 2 unspecified atom stereocenters. The van der Waals surface area contributed by atoms with Gasteiger partial charge < -0.3 is 10.6 Å². The highest BCUT2D eigenvalue weighted by molar-refractivity contribution is 5.89. The van der Waals surface area contributed by atoms with Crippen molar-refractivity contribution in [1.29, 1.82) is 0 Å². The predicted octanol–water partition coefficient (Wildman–Crippen LogP) is 3.42. The maximum absolute atomic E-state index is 13.4. The van der Waals surface area contributed by atoms with Crippen LogP contribution < -0.4 is 5.73 Å². The molecule has 1 heterocycles. The van der Waals surface area contributed by atoms with E-state index in [1.54, 1.807) is 0 Å². The molecule has 1 aromatic carbocycles. The van der Waals surface area contributed by atoms with Gasteiger partial charge in [-0.05, 0) is 51.1 Å². The van der Waals surface area contributed by atoms with Crippen LogP contribution in [-0.2, 0) is 10.2 Å². The van der Waals surface area contributed by atoms with E-state index in [0.717, 1.165) is 38.6 Å². The zero-order valence-corrected chi connectivity index (χ0v) is 15.1. The van der Waals surface area contributed by atoms with Crippen molar-refractivity contribution in [1.82, 2.24) is 4.90 Å². The van der Waals surface area contributed by atoms with Crippen LogP contribution in [0.15, 0.2) is 24.3 Å². The Bertz CT molecular complexity index is 554. The second-order valence-corrected chi connectivity index (χ2v) is 7.30. The van der Waals surface area contributed by atoms with Crippen LogP contribution in [0.4, 0.5) is 0 Å². The first kappa shape index (κ1) is 18.3. The number of halogens is 1. The molecule has 23 heavy (non-hydrogen) atoms. The Kier molecular flexibility index (Phi) is 5.74. The molecule has 128 valence electrons. The Morgan fingerprint density at radius 3 is 2.61 bits per heavy atom. The largest absolute Gasteiger partial charge is 0.339 e. The van der Waals surface area contributed by atoms with E-state index in [1.165, 1.54) is 11.1 Å². The van der Waals surface area contributed by atoms with Gasteiger partial charge in [0.25, 0.3) is 0 Å². The van der Waals surface area contributed by atoms with E-state index in [9.17, 15) is 4.79 Å². The smallest absolute Gasteiger partial charge is 0.233 e. The van der Waals surface area contributed by atoms with Crippen LogP contribution in [0.5, 0.6) is 0 Å². The average molecular weight is 337 g/mol. The lowest BCUT2D eigenvalue weighted by Crippen LogP contribution is -2.47. The third kappa shape index (κ3) is 3.27. The summed E-state index contributed by atoms with van der Waals surface area (Å²) in [5.41, 5.74) is 8.01. The van der Waals surface area contributed by atoms with Crippen molar-refractivity contribution in [3.63, 3.8) is 0 Å². The van der Waals surface area contributed by atoms with Crippen LogP contribution in [0.3, 0.4) is 0 Å². The summed E-state index contributed by atoms with van der Waals surface area (Å²) in [5.74, 6) is 0.814. The summed E-state index contributed by atoms with van der Waals surface area (Å²) in [6, 6.07) is 8.89. The normalized spacial score (nSPS) is 26.1. The summed E-state index contributed by atoms with van der Waals surface area (Å²) >= 11 is 0. The maximum atomic E-state index is 13.4. The first-order valence-corrected chi connectivity index (χ1v) is 8.65. The quantitative estimate of drug-likeness (QED) is 0.919. The fourth-order valence-corrected chi connectivity index (χ4v) is 4.42. The number of hydrogen-bond donors (Lipinski definition) is 1. The monoisotopic (exact) mass is 336 g/mol. The van der Waals surface area contributed by atoms with E-state index >= 15 is 0 Å². The van der Waals surface area contributed by atoms with Crippen molar-refractivity contribution in [2.75, 3.05) is 13.1 Å². The highest BCUT2D eigenvalue weighted by Crippen LogP contribution is 2.44. The molecule has 1 aliphatic carbocycles. The molecule has 1 aliphatic heterocycles. The van der Waals surface area contributed by atoms with Gasteiger partial charge in [0.15, 0.2) is 0 Å². The molecule has 0 aromatic heterocycles. The standard InChI is InChI=1S/C19H28N2O.ClH/c1-14-6-5-7-17(10-14)19(8-3-4-9-19)18(22)21-13-16(12-20)11-15(21)2;/h5-7,10,15-16H,3-4,8-9,11-13,20H2,1-2H3;1H. The number of rotatable bonds is 3. The Morgan fingerprint density at radius 1 is 1.35 bits per heavy atom. The molecule has 2 N–H and O–H groups in total. The number of nitrogens with two attached hydrogens (primary N) is 1. The van der Waals surface area contributed by atoms with Crippen LogP contribution in [0.2, 0.25) is 0 Å². The zero-order chi connectivity index (χ0) is 15.7. The second kappa shape index (κ2) is 7.23. The summed E-state index contributed by atoms with van der Waals surface area (Å²) < 4.78 is 0. The molecule has 1 saturated carbocycles. The van der Waals surface area contributed by atoms with Crippen LogP contribution >= 0.6 is 12.4 Å². The van der Waals surface area contributed by atoms with E-state index in [-0.39, 0.29) is 17.8 Å². The number of aryl methyl sites for hydroxylation is 1. The van der Waals surface area contributed by atoms with E-state index in [1.807, 2.05) is 0 Å². The first-order valence-electron chi connectivity index (χ1n) is 8.65. The van der Waals surface area contributed by atoms with Crippen molar-refractivity contribution < 1.29 is 4.79 Å². The molecule has 1 saturated heterocycles. The molecule has 0 bridgehead atoms. The Hall–Kier alpha value is -1.06. The number of likely N-dealkylation sites (tertiary alicyclic amines) is 1. The summed E-state index contributed by atoms with van der Waals surface area (Å²) in [5, 5.41) is 0. The molecule has 4 heteroatoms. The van der Waals surface area contributed by atoms with E-state index in [4.69, 9.17) is 5.73 Å². The zero-order valence-electron chi connectivity index (χ0n) is 14.3. The number of nitrogens with zero attached hydrogens (tertiary/aromatic N) is 1. The molecular weight excluding hydrogens is 308 g/mol. The molecule has 2 atom stereocenters. The van der Waals surface area contributed by atoms with Gasteiger partial charge in [-0.3, -0.25) is 4.79 Å². The number of hydrogen-bond acceptors (Lipinski definition) is 2. The molecule has 0 spiro atoms. The van der Waals surface area contributed by atoms with Gasteiger partial charge >= 0.3 is 0 Å². The number of benzene rings is 1. The van der Waals surface area contributed by atoms with Gasteiger partial charge in [-0.15, -0.1) is 12.4 Å². The third-order valence-electron chi connectivity index (χ3n) is 5.69. The third-order valence-corrected chi connectivity index (χ3v) is 5.69. The lowest BCUT2D eigenvalue weighted by atomic mass is 9.77. The molecular formula is C19H29ClN2O. The van der Waals surface area contributed by atoms with Gasteiger partial charge in [0.05, 0.1) is 5.41 Å². The van der Waals surface area contributed by atoms with Crippen LogP contribution in [0.1, 0.15) is 50.2 Å².